The van der Waals surface area contributed by atoms with Gasteiger partial charge in [0.25, 0.3) is 0 Å². The number of aryl methyl sites for hydroxylation is 2. The SMILES string of the molecule is Cc1cc(-c2csc(Cc3ccc(N)cc3)n2)c(C)o1. The molecular formula is C16H16N2OS. The van der Waals surface area contributed by atoms with Crippen LogP contribution in [0, 0.1) is 13.8 Å². The zero-order valence-electron chi connectivity index (χ0n) is 11.5. The molecular weight excluding hydrogens is 268 g/mol. The zero-order chi connectivity index (χ0) is 14.1. The summed E-state index contributed by atoms with van der Waals surface area (Å²) in [5.74, 6) is 1.84. The van der Waals surface area contributed by atoms with E-state index in [0.717, 1.165) is 39.9 Å². The Kier molecular flexibility index (Phi) is 3.32. The minimum atomic E-state index is 0.790. The van der Waals surface area contributed by atoms with Gasteiger partial charge in [-0.15, -0.1) is 11.3 Å². The third-order valence-electron chi connectivity index (χ3n) is 3.20. The first-order chi connectivity index (χ1) is 9.61. The number of hydrogen-bond donors (Lipinski definition) is 1. The Morgan fingerprint density at radius 1 is 1.20 bits per heavy atom. The minimum Gasteiger partial charge on any atom is -0.466 e. The highest BCUT2D eigenvalue weighted by Gasteiger charge is 2.11. The van der Waals surface area contributed by atoms with Crippen molar-refractivity contribution in [2.24, 2.45) is 0 Å². The summed E-state index contributed by atoms with van der Waals surface area (Å²) in [6.45, 7) is 3.93. The molecule has 20 heavy (non-hydrogen) atoms. The van der Waals surface area contributed by atoms with Gasteiger partial charge in [0.2, 0.25) is 0 Å². The zero-order valence-corrected chi connectivity index (χ0v) is 12.3. The standard InChI is InChI=1S/C16H16N2OS/c1-10-7-14(11(2)19-10)15-9-20-16(18-15)8-12-3-5-13(17)6-4-12/h3-7,9H,8,17H2,1-2H3. The molecule has 4 heteroatoms. The Hall–Kier alpha value is -2.07. The van der Waals surface area contributed by atoms with Crippen molar-refractivity contribution >= 4 is 17.0 Å². The van der Waals surface area contributed by atoms with Crippen molar-refractivity contribution in [3.05, 3.63) is 57.8 Å². The molecule has 0 saturated heterocycles. The van der Waals surface area contributed by atoms with Crippen LogP contribution < -0.4 is 5.73 Å². The molecule has 3 nitrogen and oxygen atoms in total. The fourth-order valence-electron chi connectivity index (χ4n) is 2.21. The predicted molar refractivity (Wildman–Crippen MR) is 83.0 cm³/mol. The number of nitrogens with zero attached hydrogens (tertiary/aromatic N) is 1. The lowest BCUT2D eigenvalue weighted by Crippen LogP contribution is -1.89. The molecule has 0 aliphatic carbocycles. The highest BCUT2D eigenvalue weighted by atomic mass is 32.1. The third kappa shape index (κ3) is 2.60. The maximum atomic E-state index is 5.70. The van der Waals surface area contributed by atoms with Crippen LogP contribution in [0.1, 0.15) is 22.1 Å². The molecule has 0 amide bonds. The van der Waals surface area contributed by atoms with Crippen LogP contribution in [0.3, 0.4) is 0 Å². The van der Waals surface area contributed by atoms with Crippen LogP contribution in [0.4, 0.5) is 5.69 Å². The molecule has 2 N–H and O–H groups in total. The molecule has 0 fully saturated rings. The van der Waals surface area contributed by atoms with E-state index in [2.05, 4.69) is 5.38 Å². The van der Waals surface area contributed by atoms with E-state index in [9.17, 15) is 0 Å². The van der Waals surface area contributed by atoms with Crippen molar-refractivity contribution in [1.82, 2.24) is 4.98 Å². The van der Waals surface area contributed by atoms with Crippen LogP contribution in [0.2, 0.25) is 0 Å². The van der Waals surface area contributed by atoms with Crippen molar-refractivity contribution in [1.29, 1.82) is 0 Å². The van der Waals surface area contributed by atoms with Crippen molar-refractivity contribution in [3.8, 4) is 11.3 Å². The molecule has 1 aromatic carbocycles. The molecule has 0 atom stereocenters. The number of thiazole rings is 1. The van der Waals surface area contributed by atoms with E-state index in [1.54, 1.807) is 11.3 Å². The van der Waals surface area contributed by atoms with E-state index >= 15 is 0 Å². The number of anilines is 1. The van der Waals surface area contributed by atoms with Gasteiger partial charge in [-0.05, 0) is 37.6 Å². The predicted octanol–water partition coefficient (Wildman–Crippen LogP) is 4.19. The molecule has 0 aliphatic rings. The van der Waals surface area contributed by atoms with Gasteiger partial charge in [0.15, 0.2) is 0 Å². The Morgan fingerprint density at radius 2 is 1.95 bits per heavy atom. The van der Waals surface area contributed by atoms with E-state index in [-0.39, 0.29) is 0 Å². The maximum Gasteiger partial charge on any atom is 0.110 e. The summed E-state index contributed by atoms with van der Waals surface area (Å²) in [6.07, 6.45) is 0.834. The molecule has 2 heterocycles. The summed E-state index contributed by atoms with van der Waals surface area (Å²) >= 11 is 1.68. The first kappa shape index (κ1) is 12.9. The van der Waals surface area contributed by atoms with Gasteiger partial charge in [0, 0.05) is 23.1 Å². The molecule has 0 aliphatic heterocycles. The van der Waals surface area contributed by atoms with Gasteiger partial charge in [-0.25, -0.2) is 4.98 Å². The summed E-state index contributed by atoms with van der Waals surface area (Å²) in [4.78, 5) is 4.70. The highest BCUT2D eigenvalue weighted by molar-refractivity contribution is 7.10. The smallest absolute Gasteiger partial charge is 0.110 e. The van der Waals surface area contributed by atoms with Gasteiger partial charge in [-0.3, -0.25) is 0 Å². The second-order valence-electron chi connectivity index (χ2n) is 4.87. The topological polar surface area (TPSA) is 52.0 Å². The van der Waals surface area contributed by atoms with Crippen molar-refractivity contribution < 1.29 is 4.42 Å². The lowest BCUT2D eigenvalue weighted by atomic mass is 10.1. The first-order valence-electron chi connectivity index (χ1n) is 6.48. The molecule has 0 saturated carbocycles. The Bertz CT molecular complexity index is 725. The second kappa shape index (κ2) is 5.13. The van der Waals surface area contributed by atoms with Crippen LogP contribution in [0.15, 0.2) is 40.1 Å². The Balaban J connectivity index is 1.83. The largest absolute Gasteiger partial charge is 0.466 e. The monoisotopic (exact) mass is 284 g/mol. The van der Waals surface area contributed by atoms with E-state index in [1.165, 1.54) is 5.56 Å². The van der Waals surface area contributed by atoms with Gasteiger partial charge < -0.3 is 10.2 Å². The number of benzene rings is 1. The quantitative estimate of drug-likeness (QED) is 0.734. The van der Waals surface area contributed by atoms with E-state index in [0.29, 0.717) is 0 Å². The molecule has 3 aromatic rings. The van der Waals surface area contributed by atoms with Crippen LogP contribution >= 0.6 is 11.3 Å². The van der Waals surface area contributed by atoms with Gasteiger partial charge in [0.1, 0.15) is 11.5 Å². The molecule has 0 spiro atoms. The number of furan rings is 1. The first-order valence-corrected chi connectivity index (χ1v) is 7.36. The highest BCUT2D eigenvalue weighted by Crippen LogP contribution is 2.28. The lowest BCUT2D eigenvalue weighted by molar-refractivity contribution is 0.505. The second-order valence-corrected chi connectivity index (χ2v) is 5.81. The van der Waals surface area contributed by atoms with Crippen LogP contribution in [-0.4, -0.2) is 4.98 Å². The normalized spacial score (nSPS) is 10.9. The fraction of sp³-hybridized carbons (Fsp3) is 0.188. The number of rotatable bonds is 3. The maximum absolute atomic E-state index is 5.70. The molecule has 0 radical (unpaired) electrons. The minimum absolute atomic E-state index is 0.790. The molecule has 2 aromatic heterocycles. The van der Waals surface area contributed by atoms with E-state index < -0.39 is 0 Å². The van der Waals surface area contributed by atoms with Gasteiger partial charge in [0.05, 0.1) is 10.7 Å². The van der Waals surface area contributed by atoms with Crippen molar-refractivity contribution in [2.75, 3.05) is 5.73 Å². The van der Waals surface area contributed by atoms with E-state index in [4.69, 9.17) is 15.1 Å². The van der Waals surface area contributed by atoms with Crippen LogP contribution in [-0.2, 0) is 6.42 Å². The van der Waals surface area contributed by atoms with Gasteiger partial charge in [-0.2, -0.15) is 0 Å². The Morgan fingerprint density at radius 3 is 2.60 bits per heavy atom. The molecule has 0 unspecified atom stereocenters. The lowest BCUT2D eigenvalue weighted by Gasteiger charge is -1.98. The summed E-state index contributed by atoms with van der Waals surface area (Å²) in [6, 6.07) is 9.98. The molecule has 0 bridgehead atoms. The Labute approximate surface area is 122 Å². The fourth-order valence-corrected chi connectivity index (χ4v) is 3.04. The summed E-state index contributed by atoms with van der Waals surface area (Å²) in [7, 11) is 0. The van der Waals surface area contributed by atoms with Gasteiger partial charge in [-0.1, -0.05) is 12.1 Å². The molecule has 102 valence electrons. The van der Waals surface area contributed by atoms with Crippen molar-refractivity contribution in [2.45, 2.75) is 20.3 Å². The summed E-state index contributed by atoms with van der Waals surface area (Å²) in [5, 5.41) is 3.19. The summed E-state index contributed by atoms with van der Waals surface area (Å²) in [5.41, 5.74) is 9.79. The molecule has 3 rings (SSSR count). The number of nitrogens with two attached hydrogens (primary N) is 1. The van der Waals surface area contributed by atoms with Gasteiger partial charge >= 0.3 is 0 Å². The average molecular weight is 284 g/mol. The summed E-state index contributed by atoms with van der Waals surface area (Å²) < 4.78 is 5.56. The van der Waals surface area contributed by atoms with Crippen LogP contribution in [0.5, 0.6) is 0 Å². The third-order valence-corrected chi connectivity index (χ3v) is 4.05. The van der Waals surface area contributed by atoms with Crippen molar-refractivity contribution in [3.63, 3.8) is 0 Å². The number of nitrogen functional groups attached to an aromatic ring is 1. The number of aromatic nitrogens is 1. The van der Waals surface area contributed by atoms with E-state index in [1.807, 2.05) is 44.2 Å². The average Bonchev–Trinajstić information content (AvgIpc) is 2.99. The number of hydrogen-bond acceptors (Lipinski definition) is 4. The van der Waals surface area contributed by atoms with Crippen LogP contribution in [0.25, 0.3) is 11.3 Å².